The monoisotopic (exact) mass is 230 g/mol. The molecule has 15 heavy (non-hydrogen) atoms. The quantitative estimate of drug-likeness (QED) is 0.557. The predicted molar refractivity (Wildman–Crippen MR) is 67.1 cm³/mol. The van der Waals surface area contributed by atoms with E-state index in [0.717, 1.165) is 31.1 Å². The zero-order chi connectivity index (χ0) is 11.1. The van der Waals surface area contributed by atoms with E-state index in [1.165, 1.54) is 12.8 Å². The van der Waals surface area contributed by atoms with Gasteiger partial charge >= 0.3 is 0 Å². The normalized spacial score (nSPS) is 22.4. The maximum absolute atomic E-state index is 5.59. The van der Waals surface area contributed by atoms with E-state index >= 15 is 0 Å². The second kappa shape index (κ2) is 7.01. The van der Waals surface area contributed by atoms with Crippen LogP contribution in [-0.4, -0.2) is 30.4 Å². The first kappa shape index (κ1) is 12.7. The second-order valence-corrected chi connectivity index (χ2v) is 4.50. The van der Waals surface area contributed by atoms with Gasteiger partial charge in [-0.15, -0.1) is 0 Å². The van der Waals surface area contributed by atoms with Crippen LogP contribution >= 0.6 is 12.2 Å². The molecular formula is C11H22N2OS. The Bertz CT molecular complexity index is 193. The van der Waals surface area contributed by atoms with Gasteiger partial charge in [-0.1, -0.05) is 13.3 Å². The minimum atomic E-state index is 0.314. The van der Waals surface area contributed by atoms with E-state index in [0.29, 0.717) is 12.1 Å². The Morgan fingerprint density at radius 3 is 3.00 bits per heavy atom. The smallest absolute Gasteiger partial charge is 0.166 e. The summed E-state index contributed by atoms with van der Waals surface area (Å²) in [6, 6.07) is 0.314. The van der Waals surface area contributed by atoms with E-state index in [1.54, 1.807) is 0 Å². The van der Waals surface area contributed by atoms with Crippen LogP contribution in [0.3, 0.4) is 0 Å². The van der Waals surface area contributed by atoms with Gasteiger partial charge in [-0.3, -0.25) is 0 Å². The van der Waals surface area contributed by atoms with Crippen LogP contribution in [-0.2, 0) is 4.74 Å². The lowest BCUT2D eigenvalue weighted by Gasteiger charge is -2.21. The number of rotatable bonds is 5. The third kappa shape index (κ3) is 4.80. The van der Waals surface area contributed by atoms with E-state index in [2.05, 4.69) is 24.5 Å². The van der Waals surface area contributed by atoms with Crippen LogP contribution in [0.15, 0.2) is 0 Å². The SMILES string of the molecule is CCCCNC(=S)NC(C)C1CCCO1. The van der Waals surface area contributed by atoms with E-state index < -0.39 is 0 Å². The van der Waals surface area contributed by atoms with E-state index in [-0.39, 0.29) is 0 Å². The van der Waals surface area contributed by atoms with Crippen molar-refractivity contribution in [3.05, 3.63) is 0 Å². The first-order valence-electron chi connectivity index (χ1n) is 5.90. The van der Waals surface area contributed by atoms with Crippen molar-refractivity contribution >= 4 is 17.3 Å². The maximum atomic E-state index is 5.59. The lowest BCUT2D eigenvalue weighted by molar-refractivity contribution is 0.0893. The molecule has 0 aromatic carbocycles. The van der Waals surface area contributed by atoms with Crippen molar-refractivity contribution in [3.63, 3.8) is 0 Å². The molecule has 0 aromatic heterocycles. The Balaban J connectivity index is 2.13. The second-order valence-electron chi connectivity index (χ2n) is 4.09. The number of hydrogen-bond donors (Lipinski definition) is 2. The summed E-state index contributed by atoms with van der Waals surface area (Å²) in [5.41, 5.74) is 0. The minimum Gasteiger partial charge on any atom is -0.376 e. The number of ether oxygens (including phenoxy) is 1. The van der Waals surface area contributed by atoms with Gasteiger partial charge < -0.3 is 15.4 Å². The molecule has 0 spiro atoms. The molecule has 1 saturated heterocycles. The molecule has 0 saturated carbocycles. The highest BCUT2D eigenvalue weighted by Crippen LogP contribution is 2.15. The fraction of sp³-hybridized carbons (Fsp3) is 0.909. The van der Waals surface area contributed by atoms with Crippen LogP contribution in [0.1, 0.15) is 39.5 Å². The van der Waals surface area contributed by atoms with Crippen molar-refractivity contribution in [1.29, 1.82) is 0 Å². The van der Waals surface area contributed by atoms with Crippen molar-refractivity contribution in [2.45, 2.75) is 51.7 Å². The molecule has 1 aliphatic rings. The fourth-order valence-electron chi connectivity index (χ4n) is 1.73. The average molecular weight is 230 g/mol. The Morgan fingerprint density at radius 1 is 1.60 bits per heavy atom. The summed E-state index contributed by atoms with van der Waals surface area (Å²) < 4.78 is 5.59. The number of thiocarbonyl (C=S) groups is 1. The maximum Gasteiger partial charge on any atom is 0.166 e. The van der Waals surface area contributed by atoms with E-state index in [1.807, 2.05) is 0 Å². The van der Waals surface area contributed by atoms with Crippen molar-refractivity contribution < 1.29 is 4.74 Å². The van der Waals surface area contributed by atoms with Crippen LogP contribution in [0, 0.1) is 0 Å². The van der Waals surface area contributed by atoms with Gasteiger partial charge in [0.25, 0.3) is 0 Å². The van der Waals surface area contributed by atoms with Gasteiger partial charge in [-0.2, -0.15) is 0 Å². The highest BCUT2D eigenvalue weighted by atomic mass is 32.1. The van der Waals surface area contributed by atoms with Gasteiger partial charge in [0.15, 0.2) is 5.11 Å². The molecule has 1 rings (SSSR count). The number of hydrogen-bond acceptors (Lipinski definition) is 2. The minimum absolute atomic E-state index is 0.314. The lowest BCUT2D eigenvalue weighted by atomic mass is 10.1. The largest absolute Gasteiger partial charge is 0.376 e. The van der Waals surface area contributed by atoms with Crippen LogP contribution in [0.4, 0.5) is 0 Å². The van der Waals surface area contributed by atoms with E-state index in [4.69, 9.17) is 17.0 Å². The summed E-state index contributed by atoms with van der Waals surface area (Å²) in [6.45, 7) is 6.16. The van der Waals surface area contributed by atoms with Gasteiger partial charge in [0.05, 0.1) is 12.1 Å². The summed E-state index contributed by atoms with van der Waals surface area (Å²) in [5, 5.41) is 7.23. The predicted octanol–water partition coefficient (Wildman–Crippen LogP) is 1.82. The molecular weight excluding hydrogens is 208 g/mol. The molecule has 1 aliphatic heterocycles. The third-order valence-corrected chi connectivity index (χ3v) is 2.96. The Morgan fingerprint density at radius 2 is 2.40 bits per heavy atom. The van der Waals surface area contributed by atoms with Crippen LogP contribution in [0.5, 0.6) is 0 Å². The molecule has 2 atom stereocenters. The van der Waals surface area contributed by atoms with Gasteiger partial charge in [-0.25, -0.2) is 0 Å². The summed E-state index contributed by atoms with van der Waals surface area (Å²) >= 11 is 5.20. The molecule has 0 amide bonds. The molecule has 1 heterocycles. The van der Waals surface area contributed by atoms with Gasteiger partial charge in [0.1, 0.15) is 0 Å². The van der Waals surface area contributed by atoms with Crippen LogP contribution in [0.2, 0.25) is 0 Å². The van der Waals surface area contributed by atoms with Gasteiger partial charge in [0, 0.05) is 13.2 Å². The molecule has 0 radical (unpaired) electrons. The standard InChI is InChI=1S/C11H22N2OS/c1-3-4-7-12-11(15)13-9(2)10-6-5-8-14-10/h9-10H,3-8H2,1-2H3,(H2,12,13,15). The fourth-order valence-corrected chi connectivity index (χ4v) is 2.01. The van der Waals surface area contributed by atoms with Gasteiger partial charge in [-0.05, 0) is 38.4 Å². The topological polar surface area (TPSA) is 33.3 Å². The molecule has 0 aliphatic carbocycles. The first-order valence-corrected chi connectivity index (χ1v) is 6.31. The first-order chi connectivity index (χ1) is 7.24. The van der Waals surface area contributed by atoms with Crippen molar-refractivity contribution in [3.8, 4) is 0 Å². The van der Waals surface area contributed by atoms with Crippen molar-refractivity contribution in [1.82, 2.24) is 10.6 Å². The summed E-state index contributed by atoms with van der Waals surface area (Å²) in [7, 11) is 0. The Hall–Kier alpha value is -0.350. The van der Waals surface area contributed by atoms with Crippen molar-refractivity contribution in [2.75, 3.05) is 13.2 Å². The summed E-state index contributed by atoms with van der Waals surface area (Å²) in [6.07, 6.45) is 5.00. The molecule has 88 valence electrons. The van der Waals surface area contributed by atoms with Crippen LogP contribution < -0.4 is 10.6 Å². The zero-order valence-electron chi connectivity index (χ0n) is 9.71. The molecule has 2 N–H and O–H groups in total. The van der Waals surface area contributed by atoms with Crippen LogP contribution in [0.25, 0.3) is 0 Å². The average Bonchev–Trinajstić information content (AvgIpc) is 2.70. The summed E-state index contributed by atoms with van der Waals surface area (Å²) in [5.74, 6) is 0. The Labute approximate surface area is 98.0 Å². The van der Waals surface area contributed by atoms with Crippen molar-refractivity contribution in [2.24, 2.45) is 0 Å². The molecule has 0 aromatic rings. The Kier molecular flexibility index (Phi) is 5.95. The summed E-state index contributed by atoms with van der Waals surface area (Å²) in [4.78, 5) is 0. The molecule has 3 nitrogen and oxygen atoms in total. The van der Waals surface area contributed by atoms with Gasteiger partial charge in [0.2, 0.25) is 0 Å². The molecule has 1 fully saturated rings. The van der Waals surface area contributed by atoms with E-state index in [9.17, 15) is 0 Å². The number of nitrogens with one attached hydrogen (secondary N) is 2. The third-order valence-electron chi connectivity index (χ3n) is 2.70. The molecule has 0 bridgehead atoms. The molecule has 4 heteroatoms. The zero-order valence-corrected chi connectivity index (χ0v) is 10.5. The number of unbranched alkanes of at least 4 members (excludes halogenated alkanes) is 1. The lowest BCUT2D eigenvalue weighted by Crippen LogP contribution is -2.45. The molecule has 2 unspecified atom stereocenters. The highest BCUT2D eigenvalue weighted by Gasteiger charge is 2.22. The highest BCUT2D eigenvalue weighted by molar-refractivity contribution is 7.80.